The van der Waals surface area contributed by atoms with Crippen LogP contribution in [0.1, 0.15) is 34.5 Å². The van der Waals surface area contributed by atoms with Crippen molar-refractivity contribution in [1.82, 2.24) is 19.9 Å². The molecule has 37 heavy (non-hydrogen) atoms. The Morgan fingerprint density at radius 3 is 2.49 bits per heavy atom. The van der Waals surface area contributed by atoms with Gasteiger partial charge in [0.2, 0.25) is 5.88 Å². The number of H-pyrrole nitrogens is 1. The van der Waals surface area contributed by atoms with Crippen LogP contribution in [0.15, 0.2) is 89.7 Å². The maximum Gasteiger partial charge on any atom is 0.327 e. The molecule has 0 saturated carbocycles. The first kappa shape index (κ1) is 24.6. The number of aromatic amines is 1. The third-order valence-corrected chi connectivity index (χ3v) is 6.64. The van der Waals surface area contributed by atoms with Crippen molar-refractivity contribution in [3.8, 4) is 11.6 Å². The zero-order valence-corrected chi connectivity index (χ0v) is 21.3. The lowest BCUT2D eigenvalue weighted by Crippen LogP contribution is -2.26. The van der Waals surface area contributed by atoms with Crippen LogP contribution in [0, 0.1) is 0 Å². The van der Waals surface area contributed by atoms with Crippen molar-refractivity contribution in [3.63, 3.8) is 0 Å². The Hall–Kier alpha value is -4.07. The van der Waals surface area contributed by atoms with Crippen LogP contribution >= 0.6 is 23.2 Å². The Morgan fingerprint density at radius 2 is 1.76 bits per heavy atom. The molecule has 0 radical (unpaired) electrons. The van der Waals surface area contributed by atoms with E-state index in [0.717, 1.165) is 11.1 Å². The van der Waals surface area contributed by atoms with E-state index in [-0.39, 0.29) is 24.2 Å². The van der Waals surface area contributed by atoms with E-state index in [2.05, 4.69) is 15.3 Å². The molecule has 5 aromatic rings. The molecule has 1 amide bonds. The minimum absolute atomic E-state index is 0.122. The molecule has 2 aromatic heterocycles. The molecule has 0 aliphatic heterocycles. The normalized spacial score (nSPS) is 11.9. The van der Waals surface area contributed by atoms with Gasteiger partial charge in [0.1, 0.15) is 5.75 Å². The Balaban J connectivity index is 1.31. The molecule has 0 saturated heterocycles. The largest absolute Gasteiger partial charge is 0.439 e. The number of amides is 1. The molecule has 0 aliphatic carbocycles. The standard InChI is InChI=1S/C28H22Cl2N4O3/c1-17(19-5-3-2-4-6-19)31-27(35)20-8-10-21(11-9-20)37-25-14-13-24-26(33-25)34(28(36)32-24)16-18-7-12-22(29)23(30)15-18/h2-15,17H,16H2,1H3,(H,31,35)(H,32,36)/t17-/m1/s1. The monoisotopic (exact) mass is 532 g/mol. The van der Waals surface area contributed by atoms with Crippen LogP contribution in [-0.2, 0) is 6.54 Å². The fraction of sp³-hybridized carbons (Fsp3) is 0.107. The predicted molar refractivity (Wildman–Crippen MR) is 145 cm³/mol. The number of halogens is 2. The van der Waals surface area contributed by atoms with E-state index in [0.29, 0.717) is 38.4 Å². The average molecular weight is 533 g/mol. The van der Waals surface area contributed by atoms with Crippen molar-refractivity contribution in [1.29, 1.82) is 0 Å². The van der Waals surface area contributed by atoms with Crippen molar-refractivity contribution < 1.29 is 9.53 Å². The van der Waals surface area contributed by atoms with Gasteiger partial charge in [0, 0.05) is 11.6 Å². The molecular weight excluding hydrogens is 511 g/mol. The maximum absolute atomic E-state index is 12.7. The van der Waals surface area contributed by atoms with Gasteiger partial charge < -0.3 is 15.0 Å². The molecule has 3 aromatic carbocycles. The second kappa shape index (κ2) is 10.5. The highest BCUT2D eigenvalue weighted by molar-refractivity contribution is 6.42. The summed E-state index contributed by atoms with van der Waals surface area (Å²) in [4.78, 5) is 32.5. The van der Waals surface area contributed by atoms with Crippen LogP contribution < -0.4 is 15.7 Å². The van der Waals surface area contributed by atoms with Gasteiger partial charge in [0.25, 0.3) is 5.91 Å². The molecule has 0 spiro atoms. The Kier molecular flexibility index (Phi) is 6.99. The third-order valence-electron chi connectivity index (χ3n) is 5.90. The topological polar surface area (TPSA) is 89.0 Å². The third kappa shape index (κ3) is 5.53. The lowest BCUT2D eigenvalue weighted by atomic mass is 10.1. The van der Waals surface area contributed by atoms with Gasteiger partial charge in [-0.1, -0.05) is 59.6 Å². The molecule has 1 atom stereocenters. The summed E-state index contributed by atoms with van der Waals surface area (Å²) in [7, 11) is 0. The molecule has 9 heteroatoms. The average Bonchev–Trinajstić information content (AvgIpc) is 3.21. The number of nitrogens with one attached hydrogen (secondary N) is 2. The first-order valence-electron chi connectivity index (χ1n) is 11.5. The fourth-order valence-corrected chi connectivity index (χ4v) is 4.26. The molecule has 0 unspecified atom stereocenters. The lowest BCUT2D eigenvalue weighted by molar-refractivity contribution is 0.0940. The van der Waals surface area contributed by atoms with E-state index in [1.54, 1.807) is 54.6 Å². The number of hydrogen-bond acceptors (Lipinski definition) is 4. The fourth-order valence-electron chi connectivity index (χ4n) is 3.94. The van der Waals surface area contributed by atoms with Crippen molar-refractivity contribution in [2.75, 3.05) is 0 Å². The lowest BCUT2D eigenvalue weighted by Gasteiger charge is -2.14. The first-order valence-corrected chi connectivity index (χ1v) is 12.3. The molecule has 186 valence electrons. The van der Waals surface area contributed by atoms with Gasteiger partial charge in [-0.3, -0.25) is 9.36 Å². The molecule has 0 fully saturated rings. The zero-order valence-electron chi connectivity index (χ0n) is 19.7. The number of rotatable bonds is 7. The summed E-state index contributed by atoms with van der Waals surface area (Å²) in [5, 5.41) is 3.85. The molecule has 7 nitrogen and oxygen atoms in total. The second-order valence-corrected chi connectivity index (χ2v) is 9.33. The van der Waals surface area contributed by atoms with E-state index in [4.69, 9.17) is 27.9 Å². The Morgan fingerprint density at radius 1 is 1.00 bits per heavy atom. The van der Waals surface area contributed by atoms with Crippen LogP contribution in [0.2, 0.25) is 10.0 Å². The van der Waals surface area contributed by atoms with Crippen LogP contribution in [-0.4, -0.2) is 20.4 Å². The number of fused-ring (bicyclic) bond motifs is 1. The van der Waals surface area contributed by atoms with Crippen LogP contribution in [0.5, 0.6) is 11.6 Å². The Bertz CT molecular complexity index is 1630. The van der Waals surface area contributed by atoms with Gasteiger partial charge in [0.05, 0.1) is 28.1 Å². The number of hydrogen-bond donors (Lipinski definition) is 2. The van der Waals surface area contributed by atoms with Gasteiger partial charge in [0.15, 0.2) is 5.65 Å². The van der Waals surface area contributed by atoms with Gasteiger partial charge in [-0.2, -0.15) is 4.98 Å². The SMILES string of the molecule is C[C@@H](NC(=O)c1ccc(Oc2ccc3[nH]c(=O)n(Cc4ccc(Cl)c(Cl)c4)c3n2)cc1)c1ccccc1. The first-order chi connectivity index (χ1) is 17.9. The highest BCUT2D eigenvalue weighted by Gasteiger charge is 2.13. The quantitative estimate of drug-likeness (QED) is 0.255. The summed E-state index contributed by atoms with van der Waals surface area (Å²) in [5.74, 6) is 0.638. The highest BCUT2D eigenvalue weighted by atomic mass is 35.5. The Labute approximate surface area is 222 Å². The number of pyridine rings is 1. The summed E-state index contributed by atoms with van der Waals surface area (Å²) in [6, 6.07) is 25.0. The number of carbonyl (C=O) groups is 1. The van der Waals surface area contributed by atoms with E-state index >= 15 is 0 Å². The number of imidazole rings is 1. The minimum Gasteiger partial charge on any atom is -0.439 e. The predicted octanol–water partition coefficient (Wildman–Crippen LogP) is 6.36. The number of nitrogens with zero attached hydrogens (tertiary/aromatic N) is 2. The number of aromatic nitrogens is 3. The molecule has 0 aliphatic rings. The van der Waals surface area contributed by atoms with Gasteiger partial charge in [-0.25, -0.2) is 4.79 Å². The molecule has 5 rings (SSSR count). The van der Waals surface area contributed by atoms with E-state index in [9.17, 15) is 9.59 Å². The summed E-state index contributed by atoms with van der Waals surface area (Å²) >= 11 is 12.1. The van der Waals surface area contributed by atoms with Crippen molar-refractivity contribution in [2.24, 2.45) is 0 Å². The van der Waals surface area contributed by atoms with Crippen molar-refractivity contribution >= 4 is 40.3 Å². The van der Waals surface area contributed by atoms with E-state index in [1.165, 1.54) is 4.57 Å². The summed E-state index contributed by atoms with van der Waals surface area (Å²) in [6.45, 7) is 2.20. The number of benzene rings is 3. The maximum atomic E-state index is 12.7. The molecule has 0 bridgehead atoms. The molecular formula is C28H22Cl2N4O3. The van der Waals surface area contributed by atoms with Crippen LogP contribution in [0.4, 0.5) is 0 Å². The van der Waals surface area contributed by atoms with E-state index in [1.807, 2.05) is 37.3 Å². The van der Waals surface area contributed by atoms with Crippen LogP contribution in [0.25, 0.3) is 11.2 Å². The summed E-state index contributed by atoms with van der Waals surface area (Å²) in [5.41, 5.74) is 3.07. The van der Waals surface area contributed by atoms with Gasteiger partial charge >= 0.3 is 5.69 Å². The van der Waals surface area contributed by atoms with Gasteiger partial charge in [-0.05, 0) is 60.5 Å². The second-order valence-electron chi connectivity index (χ2n) is 8.52. The number of ether oxygens (including phenoxy) is 1. The van der Waals surface area contributed by atoms with Crippen molar-refractivity contribution in [2.45, 2.75) is 19.5 Å². The molecule has 2 heterocycles. The number of carbonyl (C=O) groups excluding carboxylic acids is 1. The summed E-state index contributed by atoms with van der Waals surface area (Å²) in [6.07, 6.45) is 0. The highest BCUT2D eigenvalue weighted by Crippen LogP contribution is 2.25. The summed E-state index contributed by atoms with van der Waals surface area (Å²) < 4.78 is 7.41. The van der Waals surface area contributed by atoms with E-state index < -0.39 is 0 Å². The zero-order chi connectivity index (χ0) is 25.9. The van der Waals surface area contributed by atoms with Gasteiger partial charge in [-0.15, -0.1) is 0 Å². The molecule has 2 N–H and O–H groups in total. The van der Waals surface area contributed by atoms with Crippen LogP contribution in [0.3, 0.4) is 0 Å². The smallest absolute Gasteiger partial charge is 0.327 e. The van der Waals surface area contributed by atoms with Crippen molar-refractivity contribution in [3.05, 3.63) is 122 Å². The minimum atomic E-state index is -0.300.